The van der Waals surface area contributed by atoms with Gasteiger partial charge in [0.15, 0.2) is 5.82 Å². The maximum absolute atomic E-state index is 13.2. The number of halogens is 1. The smallest absolute Gasteiger partial charge is 0.439 e. The van der Waals surface area contributed by atoms with Crippen LogP contribution >= 0.6 is 15.9 Å². The topological polar surface area (TPSA) is 142 Å². The van der Waals surface area contributed by atoms with E-state index in [1.54, 1.807) is 60.7 Å². The minimum absolute atomic E-state index is 0.179. The molecule has 39 heavy (non-hydrogen) atoms. The van der Waals surface area contributed by atoms with Crippen LogP contribution in [0, 0.1) is 0 Å². The summed E-state index contributed by atoms with van der Waals surface area (Å²) in [7, 11) is 0. The molecule has 4 N–H and O–H groups in total. The van der Waals surface area contributed by atoms with E-state index in [-0.39, 0.29) is 17.4 Å². The third kappa shape index (κ3) is 5.93. The maximum atomic E-state index is 13.2. The zero-order valence-electron chi connectivity index (χ0n) is 20.8. The predicted molar refractivity (Wildman–Crippen MR) is 151 cm³/mol. The first-order chi connectivity index (χ1) is 18.9. The number of hydrogen-bond acceptors (Lipinski definition) is 6. The fourth-order valence-electron chi connectivity index (χ4n) is 3.97. The molecule has 0 aliphatic carbocycles. The standard InChI is InChI=1S/C28H24BrN5O5/c1-2-3-13-38-19-10-7-16(8-11-19)26(35)32-22-6-4-5-17-14-23(30-24(17)22)27(36)31-21-12-9-18(29)15-20(21)25-33-28(37)39-34-25/h4-12,14-15,30H,2-3,13H2,1H3,(H,31,36)(H,32,35)(H,33,34,37). The number of unbranched alkanes of at least 4 members (excludes halogenated alkanes) is 1. The van der Waals surface area contributed by atoms with Gasteiger partial charge < -0.3 is 20.4 Å². The number of aromatic nitrogens is 3. The Hall–Kier alpha value is -4.64. The normalized spacial score (nSPS) is 10.9. The van der Waals surface area contributed by atoms with Gasteiger partial charge >= 0.3 is 5.76 Å². The minimum Gasteiger partial charge on any atom is -0.494 e. The summed E-state index contributed by atoms with van der Waals surface area (Å²) in [6, 6.07) is 19.2. The van der Waals surface area contributed by atoms with Crippen LogP contribution in [0.15, 0.2) is 80.5 Å². The molecule has 198 valence electrons. The van der Waals surface area contributed by atoms with Crippen LogP contribution in [0.3, 0.4) is 0 Å². The number of fused-ring (bicyclic) bond motifs is 1. The predicted octanol–water partition coefficient (Wildman–Crippen LogP) is 5.96. The highest BCUT2D eigenvalue weighted by Crippen LogP contribution is 2.30. The number of nitrogens with zero attached hydrogens (tertiary/aromatic N) is 1. The molecular formula is C28H24BrN5O5. The van der Waals surface area contributed by atoms with Crippen molar-refractivity contribution < 1.29 is 18.8 Å². The molecule has 0 saturated heterocycles. The van der Waals surface area contributed by atoms with Crippen LogP contribution in [0.25, 0.3) is 22.3 Å². The first-order valence-electron chi connectivity index (χ1n) is 12.2. The van der Waals surface area contributed by atoms with E-state index in [9.17, 15) is 14.4 Å². The molecule has 2 heterocycles. The van der Waals surface area contributed by atoms with Gasteiger partial charge in [-0.3, -0.25) is 19.1 Å². The number of ether oxygens (including phenoxy) is 1. The molecule has 3 aromatic carbocycles. The summed E-state index contributed by atoms with van der Waals surface area (Å²) in [4.78, 5) is 43.1. The highest BCUT2D eigenvalue weighted by molar-refractivity contribution is 9.10. The molecule has 5 rings (SSSR count). The molecule has 0 bridgehead atoms. The van der Waals surface area contributed by atoms with Crippen LogP contribution in [-0.2, 0) is 0 Å². The summed E-state index contributed by atoms with van der Waals surface area (Å²) in [5.41, 5.74) is 2.78. The van der Waals surface area contributed by atoms with Crippen molar-refractivity contribution >= 4 is 50.0 Å². The van der Waals surface area contributed by atoms with Gasteiger partial charge in [0.05, 0.1) is 23.5 Å². The SMILES string of the molecule is CCCCOc1ccc(C(=O)Nc2cccc3cc(C(=O)Nc4ccc(Br)cc4-c4noc(=O)[nH]4)[nH]c23)cc1. The quantitative estimate of drug-likeness (QED) is 0.156. The van der Waals surface area contributed by atoms with Crippen molar-refractivity contribution in [1.82, 2.24) is 15.1 Å². The van der Waals surface area contributed by atoms with Crippen molar-refractivity contribution in [1.29, 1.82) is 0 Å². The molecule has 0 spiro atoms. The molecule has 5 aromatic rings. The molecule has 0 saturated carbocycles. The fourth-order valence-corrected chi connectivity index (χ4v) is 4.33. The summed E-state index contributed by atoms with van der Waals surface area (Å²) in [5.74, 6) is -0.519. The Morgan fingerprint density at radius 2 is 1.77 bits per heavy atom. The second-order valence-electron chi connectivity index (χ2n) is 8.72. The second-order valence-corrected chi connectivity index (χ2v) is 9.64. The average Bonchev–Trinajstić information content (AvgIpc) is 3.57. The largest absolute Gasteiger partial charge is 0.494 e. The molecule has 2 aromatic heterocycles. The van der Waals surface area contributed by atoms with Crippen molar-refractivity contribution in [2.24, 2.45) is 0 Å². The summed E-state index contributed by atoms with van der Waals surface area (Å²) in [5, 5.41) is 10.2. The van der Waals surface area contributed by atoms with Gasteiger partial charge in [0, 0.05) is 21.0 Å². The lowest BCUT2D eigenvalue weighted by molar-refractivity contribution is 0.101. The lowest BCUT2D eigenvalue weighted by Crippen LogP contribution is -2.14. The molecule has 0 aliphatic rings. The summed E-state index contributed by atoms with van der Waals surface area (Å²) < 4.78 is 11.0. The number of hydrogen-bond donors (Lipinski definition) is 4. The van der Waals surface area contributed by atoms with Gasteiger partial charge in [-0.1, -0.05) is 46.6 Å². The Morgan fingerprint density at radius 1 is 0.974 bits per heavy atom. The van der Waals surface area contributed by atoms with Crippen LogP contribution < -0.4 is 21.1 Å². The van der Waals surface area contributed by atoms with Crippen molar-refractivity contribution in [2.45, 2.75) is 19.8 Å². The van der Waals surface area contributed by atoms with Gasteiger partial charge in [-0.05, 0) is 61.0 Å². The Kier molecular flexibility index (Phi) is 7.60. The molecule has 0 unspecified atom stereocenters. The number of carbonyl (C=O) groups excluding carboxylic acids is 2. The number of carbonyl (C=O) groups is 2. The van der Waals surface area contributed by atoms with Crippen molar-refractivity contribution in [3.63, 3.8) is 0 Å². The van der Waals surface area contributed by atoms with Gasteiger partial charge in [-0.25, -0.2) is 4.79 Å². The minimum atomic E-state index is -0.705. The molecule has 0 aliphatic heterocycles. The molecule has 10 nitrogen and oxygen atoms in total. The third-order valence-corrected chi connectivity index (χ3v) is 6.45. The molecule has 11 heteroatoms. The highest BCUT2D eigenvalue weighted by Gasteiger charge is 2.17. The second kappa shape index (κ2) is 11.4. The van der Waals surface area contributed by atoms with Gasteiger partial charge in [-0.15, -0.1) is 0 Å². The van der Waals surface area contributed by atoms with E-state index < -0.39 is 11.7 Å². The lowest BCUT2D eigenvalue weighted by atomic mass is 10.1. The zero-order chi connectivity index (χ0) is 27.4. The zero-order valence-corrected chi connectivity index (χ0v) is 22.4. The lowest BCUT2D eigenvalue weighted by Gasteiger charge is -2.09. The third-order valence-electron chi connectivity index (χ3n) is 5.96. The maximum Gasteiger partial charge on any atom is 0.439 e. The van der Waals surface area contributed by atoms with Crippen LogP contribution in [-0.4, -0.2) is 33.5 Å². The number of rotatable bonds is 9. The Morgan fingerprint density at radius 3 is 2.51 bits per heavy atom. The van der Waals surface area contributed by atoms with E-state index in [1.807, 2.05) is 6.07 Å². The van der Waals surface area contributed by atoms with Crippen LogP contribution in [0.5, 0.6) is 5.75 Å². The molecular weight excluding hydrogens is 566 g/mol. The van der Waals surface area contributed by atoms with E-state index in [0.29, 0.717) is 40.4 Å². The monoisotopic (exact) mass is 589 g/mol. The molecule has 0 radical (unpaired) electrons. The number of nitrogens with one attached hydrogen (secondary N) is 4. The highest BCUT2D eigenvalue weighted by atomic mass is 79.9. The van der Waals surface area contributed by atoms with Gasteiger partial charge in [0.1, 0.15) is 11.4 Å². The molecule has 0 atom stereocenters. The Balaban J connectivity index is 1.34. The summed E-state index contributed by atoms with van der Waals surface area (Å²) in [6.45, 7) is 2.73. The number of amides is 2. The number of H-pyrrole nitrogens is 2. The van der Waals surface area contributed by atoms with Crippen molar-refractivity contribution in [3.05, 3.63) is 93.0 Å². The molecule has 2 amide bonds. The first-order valence-corrected chi connectivity index (χ1v) is 13.0. The van der Waals surface area contributed by atoms with Crippen LogP contribution in [0.2, 0.25) is 0 Å². The number of para-hydroxylation sites is 1. The number of anilines is 2. The van der Waals surface area contributed by atoms with Crippen molar-refractivity contribution in [2.75, 3.05) is 17.2 Å². The first kappa shape index (κ1) is 26.0. The van der Waals surface area contributed by atoms with Crippen LogP contribution in [0.1, 0.15) is 40.6 Å². The van der Waals surface area contributed by atoms with Crippen LogP contribution in [0.4, 0.5) is 11.4 Å². The van der Waals surface area contributed by atoms with Gasteiger partial charge in [0.2, 0.25) is 0 Å². The van der Waals surface area contributed by atoms with E-state index in [4.69, 9.17) is 4.74 Å². The Bertz CT molecular complexity index is 1700. The molecule has 0 fully saturated rings. The average molecular weight is 590 g/mol. The van der Waals surface area contributed by atoms with Crippen molar-refractivity contribution in [3.8, 4) is 17.1 Å². The van der Waals surface area contributed by atoms with E-state index in [0.717, 1.165) is 22.7 Å². The fraction of sp³-hybridized carbons (Fsp3) is 0.143. The van der Waals surface area contributed by atoms with Gasteiger partial charge in [-0.2, -0.15) is 0 Å². The number of aromatic amines is 2. The van der Waals surface area contributed by atoms with E-state index in [2.05, 4.69) is 53.1 Å². The van der Waals surface area contributed by atoms with Gasteiger partial charge in [0.25, 0.3) is 11.8 Å². The summed E-state index contributed by atoms with van der Waals surface area (Å²) >= 11 is 3.39. The van der Waals surface area contributed by atoms with E-state index >= 15 is 0 Å². The number of benzene rings is 3. The Labute approximate surface area is 230 Å². The van der Waals surface area contributed by atoms with E-state index in [1.165, 1.54) is 0 Å². The summed E-state index contributed by atoms with van der Waals surface area (Å²) in [6.07, 6.45) is 2.01.